The van der Waals surface area contributed by atoms with Gasteiger partial charge < -0.3 is 0 Å². The van der Waals surface area contributed by atoms with Crippen molar-refractivity contribution in [3.63, 3.8) is 0 Å². The highest BCUT2D eigenvalue weighted by atomic mass is 15.4. The molecule has 1 aromatic carbocycles. The molecule has 1 aliphatic rings. The van der Waals surface area contributed by atoms with E-state index < -0.39 is 0 Å². The molecule has 0 amide bonds. The van der Waals surface area contributed by atoms with Crippen molar-refractivity contribution in [1.82, 2.24) is 9.78 Å². The summed E-state index contributed by atoms with van der Waals surface area (Å²) in [5.41, 5.74) is 1.42. The van der Waals surface area contributed by atoms with Gasteiger partial charge in [-0.25, -0.2) is 4.57 Å². The number of aromatic nitrogens is 3. The molecule has 2 heterocycles. The molecule has 0 fully saturated rings. The molecular formula is C15H20N3+. The summed E-state index contributed by atoms with van der Waals surface area (Å²) in [6.07, 6.45) is 4.44. The SMILES string of the molecule is CC(C)(C)[C@H]1CCc2nn(-c3ccccc3)c[n+]21. The fraction of sp³-hybridized carbons (Fsp3) is 0.467. The standard InChI is InChI=1S/C15H20N3/c1-15(2,3)13-9-10-14-16-18(11-17(13)14)12-7-5-4-6-8-12/h4-8,11,13H,9-10H2,1-3H3/q+1/t13-/m1/s1. The second-order valence-electron chi connectivity index (χ2n) is 6.14. The molecule has 0 bridgehead atoms. The van der Waals surface area contributed by atoms with Crippen LogP contribution in [0.2, 0.25) is 0 Å². The predicted octanol–water partition coefficient (Wildman–Crippen LogP) is 2.69. The summed E-state index contributed by atoms with van der Waals surface area (Å²) in [6.45, 7) is 6.92. The molecular weight excluding hydrogens is 222 g/mol. The minimum atomic E-state index is 0.292. The molecule has 3 rings (SSSR count). The third-order valence-electron chi connectivity index (χ3n) is 3.75. The van der Waals surface area contributed by atoms with Gasteiger partial charge >= 0.3 is 0 Å². The third kappa shape index (κ3) is 1.84. The summed E-state index contributed by atoms with van der Waals surface area (Å²) in [4.78, 5) is 0. The van der Waals surface area contributed by atoms with E-state index in [4.69, 9.17) is 5.10 Å². The molecule has 0 saturated carbocycles. The quantitative estimate of drug-likeness (QED) is 0.705. The number of fused-ring (bicyclic) bond motifs is 1. The van der Waals surface area contributed by atoms with Crippen molar-refractivity contribution < 1.29 is 4.57 Å². The lowest BCUT2D eigenvalue weighted by Crippen LogP contribution is -2.43. The van der Waals surface area contributed by atoms with Crippen molar-refractivity contribution in [3.05, 3.63) is 42.5 Å². The van der Waals surface area contributed by atoms with Gasteiger partial charge in [-0.05, 0) is 24.0 Å². The van der Waals surface area contributed by atoms with Crippen molar-refractivity contribution >= 4 is 0 Å². The van der Waals surface area contributed by atoms with Gasteiger partial charge in [0.2, 0.25) is 6.33 Å². The summed E-state index contributed by atoms with van der Waals surface area (Å²) in [7, 11) is 0. The molecule has 3 nitrogen and oxygen atoms in total. The molecule has 2 aromatic rings. The number of nitrogens with zero attached hydrogens (tertiary/aromatic N) is 3. The van der Waals surface area contributed by atoms with Crippen LogP contribution in [0.5, 0.6) is 0 Å². The number of hydrogen-bond acceptors (Lipinski definition) is 1. The number of hydrogen-bond donors (Lipinski definition) is 0. The van der Waals surface area contributed by atoms with Gasteiger partial charge in [-0.3, -0.25) is 0 Å². The van der Waals surface area contributed by atoms with Crippen molar-refractivity contribution in [1.29, 1.82) is 0 Å². The highest BCUT2D eigenvalue weighted by Crippen LogP contribution is 2.33. The fourth-order valence-electron chi connectivity index (χ4n) is 2.79. The van der Waals surface area contributed by atoms with Crippen LogP contribution in [0.15, 0.2) is 36.7 Å². The first-order valence-electron chi connectivity index (χ1n) is 6.61. The van der Waals surface area contributed by atoms with Crippen LogP contribution in [0.25, 0.3) is 5.69 Å². The van der Waals surface area contributed by atoms with E-state index in [0.717, 1.165) is 12.1 Å². The molecule has 0 radical (unpaired) electrons. The molecule has 0 unspecified atom stereocenters. The average molecular weight is 242 g/mol. The summed E-state index contributed by atoms with van der Waals surface area (Å²) in [5, 5.41) is 4.70. The lowest BCUT2D eigenvalue weighted by molar-refractivity contribution is -0.729. The van der Waals surface area contributed by atoms with Crippen LogP contribution < -0.4 is 4.57 Å². The van der Waals surface area contributed by atoms with Crippen LogP contribution in [0.1, 0.15) is 39.1 Å². The molecule has 1 atom stereocenters. The monoisotopic (exact) mass is 242 g/mol. The molecule has 1 aromatic heterocycles. The van der Waals surface area contributed by atoms with Gasteiger partial charge in [-0.2, -0.15) is 0 Å². The highest BCUT2D eigenvalue weighted by molar-refractivity contribution is 5.28. The lowest BCUT2D eigenvalue weighted by atomic mass is 9.85. The first-order valence-corrected chi connectivity index (χ1v) is 6.61. The average Bonchev–Trinajstić information content (AvgIpc) is 2.87. The largest absolute Gasteiger partial charge is 0.278 e. The highest BCUT2D eigenvalue weighted by Gasteiger charge is 2.38. The minimum absolute atomic E-state index is 0.292. The van der Waals surface area contributed by atoms with E-state index >= 15 is 0 Å². The Bertz CT molecular complexity index is 549. The molecule has 1 aliphatic heterocycles. The zero-order valence-corrected chi connectivity index (χ0v) is 11.3. The first-order chi connectivity index (χ1) is 8.55. The first kappa shape index (κ1) is 11.5. The normalized spacial score (nSPS) is 18.9. The van der Waals surface area contributed by atoms with Gasteiger partial charge in [0.1, 0.15) is 5.69 Å². The van der Waals surface area contributed by atoms with Crippen LogP contribution in [-0.4, -0.2) is 9.78 Å². The van der Waals surface area contributed by atoms with Crippen molar-refractivity contribution in [2.75, 3.05) is 0 Å². The Morgan fingerprint density at radius 2 is 1.94 bits per heavy atom. The van der Waals surface area contributed by atoms with Gasteiger partial charge in [-0.15, -0.1) is 0 Å². The fourth-order valence-corrected chi connectivity index (χ4v) is 2.79. The number of para-hydroxylation sites is 1. The maximum atomic E-state index is 4.70. The van der Waals surface area contributed by atoms with E-state index in [2.05, 4.69) is 43.8 Å². The minimum Gasteiger partial charge on any atom is -0.231 e. The predicted molar refractivity (Wildman–Crippen MR) is 70.6 cm³/mol. The molecule has 0 saturated heterocycles. The van der Waals surface area contributed by atoms with Crippen molar-refractivity contribution in [3.8, 4) is 5.69 Å². The van der Waals surface area contributed by atoms with Crippen molar-refractivity contribution in [2.45, 2.75) is 39.7 Å². The van der Waals surface area contributed by atoms with Gasteiger partial charge in [0.05, 0.1) is 6.04 Å². The van der Waals surface area contributed by atoms with Crippen LogP contribution in [0.4, 0.5) is 0 Å². The second kappa shape index (κ2) is 3.94. The maximum absolute atomic E-state index is 4.70. The Morgan fingerprint density at radius 3 is 2.61 bits per heavy atom. The molecule has 0 spiro atoms. The zero-order chi connectivity index (χ0) is 12.8. The summed E-state index contributed by atoms with van der Waals surface area (Å²) in [5.74, 6) is 1.21. The Labute approximate surface area is 108 Å². The van der Waals surface area contributed by atoms with Crippen LogP contribution in [-0.2, 0) is 6.42 Å². The van der Waals surface area contributed by atoms with Gasteiger partial charge in [0, 0.05) is 11.5 Å². The van der Waals surface area contributed by atoms with Gasteiger partial charge in [0.15, 0.2) is 0 Å². The smallest absolute Gasteiger partial charge is 0.231 e. The third-order valence-corrected chi connectivity index (χ3v) is 3.75. The Kier molecular flexibility index (Phi) is 2.51. The lowest BCUT2D eigenvalue weighted by Gasteiger charge is -2.24. The summed E-state index contributed by atoms with van der Waals surface area (Å²) in [6, 6.07) is 10.9. The van der Waals surface area contributed by atoms with Crippen molar-refractivity contribution in [2.24, 2.45) is 5.41 Å². The van der Waals surface area contributed by atoms with E-state index in [0.29, 0.717) is 11.5 Å². The molecule has 0 aliphatic carbocycles. The van der Waals surface area contributed by atoms with Gasteiger partial charge in [0.25, 0.3) is 5.82 Å². The van der Waals surface area contributed by atoms with E-state index in [1.54, 1.807) is 0 Å². The molecule has 18 heavy (non-hydrogen) atoms. The van der Waals surface area contributed by atoms with E-state index in [-0.39, 0.29) is 0 Å². The van der Waals surface area contributed by atoms with Gasteiger partial charge in [-0.1, -0.05) is 43.7 Å². The summed E-state index contributed by atoms with van der Waals surface area (Å²) >= 11 is 0. The molecule has 94 valence electrons. The van der Waals surface area contributed by atoms with E-state index in [1.807, 2.05) is 22.9 Å². The second-order valence-corrected chi connectivity index (χ2v) is 6.14. The van der Waals surface area contributed by atoms with E-state index in [9.17, 15) is 0 Å². The Balaban J connectivity index is 2.00. The van der Waals surface area contributed by atoms with Crippen LogP contribution in [0, 0.1) is 5.41 Å². The molecule has 0 N–H and O–H groups in total. The Hall–Kier alpha value is -1.64. The zero-order valence-electron chi connectivity index (χ0n) is 11.3. The summed E-state index contributed by atoms with van der Waals surface area (Å²) < 4.78 is 4.35. The number of benzene rings is 1. The Morgan fingerprint density at radius 1 is 1.22 bits per heavy atom. The van der Waals surface area contributed by atoms with Crippen LogP contribution >= 0.6 is 0 Å². The van der Waals surface area contributed by atoms with E-state index in [1.165, 1.54) is 12.2 Å². The number of rotatable bonds is 1. The maximum Gasteiger partial charge on any atom is 0.278 e. The molecule has 3 heteroatoms. The number of aryl methyl sites for hydroxylation is 1. The topological polar surface area (TPSA) is 21.7 Å². The van der Waals surface area contributed by atoms with Crippen LogP contribution in [0.3, 0.4) is 0 Å².